The highest BCUT2D eigenvalue weighted by Crippen LogP contribution is 2.28. The fourth-order valence-electron chi connectivity index (χ4n) is 1.73. The largest absolute Gasteiger partial charge is 0.508 e. The highest BCUT2D eigenvalue weighted by Gasteiger charge is 2.15. The Hall–Kier alpha value is -2.32. The summed E-state index contributed by atoms with van der Waals surface area (Å²) in [4.78, 5) is 12.9. The number of phenolic OH excluding ortho intramolecular Hbond substituents is 2. The molecule has 8 heteroatoms. The van der Waals surface area contributed by atoms with Crippen LogP contribution >= 0.6 is 23.1 Å². The van der Waals surface area contributed by atoms with Crippen molar-refractivity contribution in [1.82, 2.24) is 10.2 Å². The van der Waals surface area contributed by atoms with Crippen LogP contribution in [0.1, 0.15) is 10.4 Å². The van der Waals surface area contributed by atoms with Crippen LogP contribution < -0.4 is 0 Å². The maximum absolute atomic E-state index is 12.0. The van der Waals surface area contributed by atoms with E-state index in [0.29, 0.717) is 5.89 Å². The number of thiophene rings is 1. The van der Waals surface area contributed by atoms with Crippen LogP contribution in [0.25, 0.3) is 10.8 Å². The number of aromatic nitrogens is 2. The van der Waals surface area contributed by atoms with Crippen molar-refractivity contribution in [2.24, 2.45) is 0 Å². The lowest BCUT2D eigenvalue weighted by atomic mass is 10.1. The highest BCUT2D eigenvalue weighted by atomic mass is 32.2. The summed E-state index contributed by atoms with van der Waals surface area (Å²) in [5.74, 6) is -0.185. The van der Waals surface area contributed by atoms with Crippen molar-refractivity contribution in [2.75, 3.05) is 5.75 Å². The number of hydrogen-bond acceptors (Lipinski definition) is 8. The van der Waals surface area contributed by atoms with E-state index < -0.39 is 0 Å². The summed E-state index contributed by atoms with van der Waals surface area (Å²) in [6.07, 6.45) is 0. The second kappa shape index (κ2) is 6.20. The van der Waals surface area contributed by atoms with E-state index in [0.717, 1.165) is 22.7 Å². The zero-order valence-corrected chi connectivity index (χ0v) is 12.7. The Labute approximate surface area is 133 Å². The van der Waals surface area contributed by atoms with E-state index in [2.05, 4.69) is 10.2 Å². The molecule has 0 aliphatic heterocycles. The Morgan fingerprint density at radius 2 is 2.14 bits per heavy atom. The summed E-state index contributed by atoms with van der Waals surface area (Å²) in [7, 11) is 0. The number of carbonyl (C=O) groups is 1. The predicted octanol–water partition coefficient (Wildman–Crippen LogP) is 3.18. The molecule has 0 saturated heterocycles. The molecule has 2 N–H and O–H groups in total. The van der Waals surface area contributed by atoms with E-state index in [9.17, 15) is 15.0 Å². The molecular weight excluding hydrogens is 324 g/mol. The van der Waals surface area contributed by atoms with Crippen LogP contribution in [0.15, 0.2) is 45.4 Å². The molecule has 112 valence electrons. The first-order valence-electron chi connectivity index (χ1n) is 6.19. The van der Waals surface area contributed by atoms with Gasteiger partial charge in [0.15, 0.2) is 5.78 Å². The summed E-state index contributed by atoms with van der Waals surface area (Å²) < 4.78 is 5.46. The normalized spacial score (nSPS) is 10.7. The van der Waals surface area contributed by atoms with E-state index in [-0.39, 0.29) is 33.8 Å². The number of aromatic hydroxyl groups is 2. The first-order valence-corrected chi connectivity index (χ1v) is 8.05. The number of hydrogen-bond donors (Lipinski definition) is 2. The van der Waals surface area contributed by atoms with Gasteiger partial charge in [0.05, 0.1) is 16.2 Å². The molecule has 3 aromatic rings. The molecule has 0 aliphatic carbocycles. The van der Waals surface area contributed by atoms with Gasteiger partial charge in [-0.1, -0.05) is 17.8 Å². The zero-order chi connectivity index (χ0) is 15.5. The first-order chi connectivity index (χ1) is 10.6. The molecular formula is C14H10N2O4S2. The molecule has 3 rings (SSSR count). The standard InChI is InChI=1S/C14H10N2O4S2/c17-8-3-4-9(10(18)6-8)11(19)7-22-14-16-15-13(20-14)12-2-1-5-21-12/h1-6,17-18H,7H2. The van der Waals surface area contributed by atoms with Gasteiger partial charge < -0.3 is 14.6 Å². The second-order valence-electron chi connectivity index (χ2n) is 4.26. The number of benzene rings is 1. The number of phenols is 2. The van der Waals surface area contributed by atoms with Crippen molar-refractivity contribution in [3.05, 3.63) is 41.3 Å². The van der Waals surface area contributed by atoms with Crippen molar-refractivity contribution in [3.8, 4) is 22.3 Å². The minimum atomic E-state index is -0.293. The summed E-state index contributed by atoms with van der Waals surface area (Å²) in [6.45, 7) is 0. The van der Waals surface area contributed by atoms with E-state index in [4.69, 9.17) is 4.42 Å². The van der Waals surface area contributed by atoms with Gasteiger partial charge in [0.2, 0.25) is 0 Å². The SMILES string of the molecule is O=C(CSc1nnc(-c2cccs2)o1)c1ccc(O)cc1O. The molecule has 2 aromatic heterocycles. The molecule has 0 unspecified atom stereocenters. The van der Waals surface area contributed by atoms with E-state index in [1.807, 2.05) is 17.5 Å². The number of thioether (sulfide) groups is 1. The van der Waals surface area contributed by atoms with E-state index >= 15 is 0 Å². The van der Waals surface area contributed by atoms with Gasteiger partial charge in [-0.3, -0.25) is 4.79 Å². The lowest BCUT2D eigenvalue weighted by Crippen LogP contribution is -2.02. The monoisotopic (exact) mass is 334 g/mol. The summed E-state index contributed by atoms with van der Waals surface area (Å²) in [5.41, 5.74) is 0.142. The predicted molar refractivity (Wildman–Crippen MR) is 82.4 cm³/mol. The van der Waals surface area contributed by atoms with Gasteiger partial charge in [0.25, 0.3) is 11.1 Å². The second-order valence-corrected chi connectivity index (χ2v) is 6.14. The van der Waals surface area contributed by atoms with Gasteiger partial charge in [-0.2, -0.15) is 0 Å². The van der Waals surface area contributed by atoms with Crippen LogP contribution in [0.2, 0.25) is 0 Å². The number of rotatable bonds is 5. The van der Waals surface area contributed by atoms with Crippen molar-refractivity contribution in [2.45, 2.75) is 5.22 Å². The zero-order valence-electron chi connectivity index (χ0n) is 11.1. The van der Waals surface area contributed by atoms with Crippen molar-refractivity contribution in [3.63, 3.8) is 0 Å². The van der Waals surface area contributed by atoms with Crippen LogP contribution in [-0.4, -0.2) is 31.9 Å². The van der Waals surface area contributed by atoms with Crippen LogP contribution in [0, 0.1) is 0 Å². The number of ketones is 1. The average Bonchev–Trinajstić information content (AvgIpc) is 3.16. The molecule has 0 amide bonds. The van der Waals surface area contributed by atoms with Crippen molar-refractivity contribution in [1.29, 1.82) is 0 Å². The minimum absolute atomic E-state index is 0.0460. The number of Topliss-reactive ketones (excluding diaryl/α,β-unsaturated/α-hetero) is 1. The molecule has 0 radical (unpaired) electrons. The minimum Gasteiger partial charge on any atom is -0.508 e. The Balaban J connectivity index is 1.66. The van der Waals surface area contributed by atoms with Crippen molar-refractivity contribution < 1.29 is 19.4 Å². The molecule has 0 saturated carbocycles. The maximum Gasteiger partial charge on any atom is 0.277 e. The van der Waals surface area contributed by atoms with Gasteiger partial charge in [0.1, 0.15) is 11.5 Å². The Kier molecular flexibility index (Phi) is 4.12. The van der Waals surface area contributed by atoms with Crippen LogP contribution in [0.3, 0.4) is 0 Å². The van der Waals surface area contributed by atoms with Gasteiger partial charge in [-0.15, -0.1) is 21.5 Å². The summed E-state index contributed by atoms with van der Waals surface area (Å²) in [6, 6.07) is 7.59. The molecule has 0 atom stereocenters. The lowest BCUT2D eigenvalue weighted by molar-refractivity contribution is 0.101. The molecule has 0 fully saturated rings. The molecule has 0 spiro atoms. The maximum atomic E-state index is 12.0. The van der Waals surface area contributed by atoms with Gasteiger partial charge in [-0.05, 0) is 23.6 Å². The smallest absolute Gasteiger partial charge is 0.277 e. The number of carbonyl (C=O) groups excluding carboxylic acids is 1. The topological polar surface area (TPSA) is 96.5 Å². The first kappa shape index (κ1) is 14.6. The fraction of sp³-hybridized carbons (Fsp3) is 0.0714. The fourth-order valence-corrected chi connectivity index (χ4v) is 3.02. The third-order valence-corrected chi connectivity index (χ3v) is 4.42. The summed E-state index contributed by atoms with van der Waals surface area (Å²) in [5, 5.41) is 28.8. The van der Waals surface area contributed by atoms with Crippen LogP contribution in [-0.2, 0) is 0 Å². The van der Waals surface area contributed by atoms with Gasteiger partial charge in [-0.25, -0.2) is 0 Å². The van der Waals surface area contributed by atoms with E-state index in [1.54, 1.807) is 0 Å². The third-order valence-electron chi connectivity index (χ3n) is 2.75. The molecule has 2 heterocycles. The average molecular weight is 334 g/mol. The van der Waals surface area contributed by atoms with Crippen LogP contribution in [0.5, 0.6) is 11.5 Å². The third kappa shape index (κ3) is 3.12. The lowest BCUT2D eigenvalue weighted by Gasteiger charge is -2.02. The molecule has 1 aromatic carbocycles. The molecule has 0 aliphatic rings. The van der Waals surface area contributed by atoms with Gasteiger partial charge >= 0.3 is 0 Å². The Morgan fingerprint density at radius 1 is 1.27 bits per heavy atom. The van der Waals surface area contributed by atoms with Crippen molar-refractivity contribution >= 4 is 28.9 Å². The van der Waals surface area contributed by atoms with Crippen LogP contribution in [0.4, 0.5) is 0 Å². The molecule has 22 heavy (non-hydrogen) atoms. The van der Waals surface area contributed by atoms with Gasteiger partial charge in [0, 0.05) is 6.07 Å². The quantitative estimate of drug-likeness (QED) is 0.546. The Bertz CT molecular complexity index is 799. The molecule has 0 bridgehead atoms. The highest BCUT2D eigenvalue weighted by molar-refractivity contribution is 7.99. The number of nitrogens with zero attached hydrogens (tertiary/aromatic N) is 2. The van der Waals surface area contributed by atoms with E-state index in [1.165, 1.54) is 23.5 Å². The Morgan fingerprint density at radius 3 is 2.86 bits per heavy atom. The molecule has 6 nitrogen and oxygen atoms in total. The summed E-state index contributed by atoms with van der Waals surface area (Å²) >= 11 is 2.58.